The highest BCUT2D eigenvalue weighted by atomic mass is 16.4. The molecule has 5 nitrogen and oxygen atoms in total. The van der Waals surface area contributed by atoms with Crippen LogP contribution in [0.15, 0.2) is 42.6 Å². The van der Waals surface area contributed by atoms with Gasteiger partial charge in [0.25, 0.3) is 0 Å². The fraction of sp³-hybridized carbons (Fsp3) is 0.353. The monoisotopic (exact) mass is 300 g/mol. The summed E-state index contributed by atoms with van der Waals surface area (Å²) >= 11 is 0. The van der Waals surface area contributed by atoms with Gasteiger partial charge in [0.15, 0.2) is 0 Å². The molecule has 1 aliphatic rings. The second kappa shape index (κ2) is 6.34. The minimum atomic E-state index is -0.914. The van der Waals surface area contributed by atoms with E-state index >= 15 is 0 Å². The number of carbonyl (C=O) groups is 1. The number of aliphatic hydroxyl groups is 1. The molecule has 0 amide bonds. The lowest BCUT2D eigenvalue weighted by Crippen LogP contribution is -2.43. The Morgan fingerprint density at radius 2 is 2.23 bits per heavy atom. The lowest BCUT2D eigenvalue weighted by atomic mass is 10.0. The van der Waals surface area contributed by atoms with Gasteiger partial charge in [-0.3, -0.25) is 0 Å². The summed E-state index contributed by atoms with van der Waals surface area (Å²) in [6.07, 6.45) is 7.08. The summed E-state index contributed by atoms with van der Waals surface area (Å²) in [6, 6.07) is 7.47. The van der Waals surface area contributed by atoms with Crippen LogP contribution in [0.2, 0.25) is 0 Å². The molecule has 1 fully saturated rings. The maximum Gasteiger partial charge on any atom is 0.337 e. The summed E-state index contributed by atoms with van der Waals surface area (Å²) in [5.74, 6) is -0.914. The minimum absolute atomic E-state index is 0.0190. The SMILES string of the molecule is O=C(O)c1cn(C/C=C/[C@H]2NCCC[C@@H]2O)c2ccccc12. The van der Waals surface area contributed by atoms with Gasteiger partial charge in [-0.05, 0) is 25.5 Å². The van der Waals surface area contributed by atoms with Crippen LogP contribution >= 0.6 is 0 Å². The first kappa shape index (κ1) is 14.8. The van der Waals surface area contributed by atoms with Crippen LogP contribution in [-0.2, 0) is 6.54 Å². The quantitative estimate of drug-likeness (QED) is 0.755. The lowest BCUT2D eigenvalue weighted by Gasteiger charge is -2.26. The zero-order valence-corrected chi connectivity index (χ0v) is 12.3. The smallest absolute Gasteiger partial charge is 0.337 e. The molecule has 3 N–H and O–H groups in total. The predicted molar refractivity (Wildman–Crippen MR) is 85.1 cm³/mol. The first-order chi connectivity index (χ1) is 10.7. The molecular formula is C17H20N2O3. The topological polar surface area (TPSA) is 74.5 Å². The molecule has 116 valence electrons. The molecule has 0 unspecified atom stereocenters. The average molecular weight is 300 g/mol. The van der Waals surface area contributed by atoms with Gasteiger partial charge in [-0.1, -0.05) is 30.4 Å². The Morgan fingerprint density at radius 3 is 3.00 bits per heavy atom. The van der Waals surface area contributed by atoms with E-state index in [1.807, 2.05) is 41.0 Å². The number of para-hydroxylation sites is 1. The van der Waals surface area contributed by atoms with Gasteiger partial charge in [0.2, 0.25) is 0 Å². The number of hydrogen-bond donors (Lipinski definition) is 3. The standard InChI is InChI=1S/C17H20N2O3/c20-16-8-3-9-18-14(16)6-4-10-19-11-13(17(21)22)12-5-1-2-7-15(12)19/h1-2,4-7,11,14,16,18,20H,3,8-10H2,(H,21,22)/b6-4+/t14-,16+/m1/s1. The third-order valence-electron chi connectivity index (χ3n) is 4.14. The summed E-state index contributed by atoms with van der Waals surface area (Å²) in [5.41, 5.74) is 1.22. The molecule has 22 heavy (non-hydrogen) atoms. The first-order valence-corrected chi connectivity index (χ1v) is 7.56. The first-order valence-electron chi connectivity index (χ1n) is 7.56. The molecular weight excluding hydrogens is 280 g/mol. The van der Waals surface area contributed by atoms with E-state index < -0.39 is 5.97 Å². The number of aliphatic hydroxyl groups excluding tert-OH is 1. The molecule has 3 rings (SSSR count). The number of nitrogens with one attached hydrogen (secondary N) is 1. The minimum Gasteiger partial charge on any atom is -0.478 e. The third kappa shape index (κ3) is 2.91. The molecule has 0 spiro atoms. The number of rotatable bonds is 4. The Hall–Kier alpha value is -2.11. The summed E-state index contributed by atoms with van der Waals surface area (Å²) in [7, 11) is 0. The van der Waals surface area contributed by atoms with Gasteiger partial charge in [-0.2, -0.15) is 0 Å². The van der Waals surface area contributed by atoms with Crippen molar-refractivity contribution >= 4 is 16.9 Å². The molecule has 1 aromatic carbocycles. The molecule has 5 heteroatoms. The molecule has 2 atom stereocenters. The molecule has 1 saturated heterocycles. The number of fused-ring (bicyclic) bond motifs is 1. The Morgan fingerprint density at radius 1 is 1.41 bits per heavy atom. The van der Waals surface area contributed by atoms with Crippen molar-refractivity contribution in [3.63, 3.8) is 0 Å². The number of carboxylic acids is 1. The number of allylic oxidation sites excluding steroid dienone is 1. The number of aromatic carboxylic acids is 1. The Kier molecular flexibility index (Phi) is 4.27. The summed E-state index contributed by atoms with van der Waals surface area (Å²) in [5, 5.41) is 23.2. The van der Waals surface area contributed by atoms with E-state index in [1.54, 1.807) is 6.20 Å². The molecule has 0 saturated carbocycles. The molecule has 0 radical (unpaired) electrons. The fourth-order valence-electron chi connectivity index (χ4n) is 2.98. The third-order valence-corrected chi connectivity index (χ3v) is 4.14. The van der Waals surface area contributed by atoms with Crippen LogP contribution in [0.5, 0.6) is 0 Å². The number of benzene rings is 1. The van der Waals surface area contributed by atoms with Crippen LogP contribution in [0.3, 0.4) is 0 Å². The van der Waals surface area contributed by atoms with Crippen LogP contribution < -0.4 is 5.32 Å². The van der Waals surface area contributed by atoms with Crippen molar-refractivity contribution in [1.29, 1.82) is 0 Å². The van der Waals surface area contributed by atoms with Gasteiger partial charge in [0.05, 0.1) is 17.7 Å². The summed E-state index contributed by atoms with van der Waals surface area (Å²) < 4.78 is 1.92. The highest BCUT2D eigenvalue weighted by Gasteiger charge is 2.19. The fourth-order valence-corrected chi connectivity index (χ4v) is 2.98. The van der Waals surface area contributed by atoms with Gasteiger partial charge in [-0.15, -0.1) is 0 Å². The van der Waals surface area contributed by atoms with Crippen molar-refractivity contribution in [3.05, 3.63) is 48.2 Å². The number of hydrogen-bond acceptors (Lipinski definition) is 3. The Balaban J connectivity index is 1.80. The maximum atomic E-state index is 11.3. The van der Waals surface area contributed by atoms with E-state index in [9.17, 15) is 15.0 Å². The normalized spacial score (nSPS) is 22.4. The van der Waals surface area contributed by atoms with Crippen molar-refractivity contribution in [2.24, 2.45) is 0 Å². The number of carboxylic acid groups (broad SMARTS) is 1. The van der Waals surface area contributed by atoms with Crippen LogP contribution in [0, 0.1) is 0 Å². The van der Waals surface area contributed by atoms with E-state index in [1.165, 1.54) is 0 Å². The number of nitrogens with zero attached hydrogens (tertiary/aromatic N) is 1. The van der Waals surface area contributed by atoms with Crippen molar-refractivity contribution in [3.8, 4) is 0 Å². The number of piperidine rings is 1. The van der Waals surface area contributed by atoms with Crippen molar-refractivity contribution in [2.45, 2.75) is 31.5 Å². The highest BCUT2D eigenvalue weighted by molar-refractivity contribution is 6.03. The summed E-state index contributed by atoms with van der Waals surface area (Å²) in [6.45, 7) is 1.50. The van der Waals surface area contributed by atoms with Gasteiger partial charge < -0.3 is 20.1 Å². The van der Waals surface area contributed by atoms with Gasteiger partial charge >= 0.3 is 5.97 Å². The largest absolute Gasteiger partial charge is 0.478 e. The molecule has 2 aromatic rings. The van der Waals surface area contributed by atoms with E-state index in [2.05, 4.69) is 5.32 Å². The molecule has 1 aromatic heterocycles. The van der Waals surface area contributed by atoms with Crippen LogP contribution in [0.1, 0.15) is 23.2 Å². The molecule has 2 heterocycles. The Labute approximate surface area is 128 Å². The molecule has 0 bridgehead atoms. The average Bonchev–Trinajstić information content (AvgIpc) is 2.89. The van der Waals surface area contributed by atoms with E-state index in [-0.39, 0.29) is 12.1 Å². The van der Waals surface area contributed by atoms with Crippen LogP contribution in [0.25, 0.3) is 10.9 Å². The van der Waals surface area contributed by atoms with Crippen molar-refractivity contribution in [2.75, 3.05) is 6.54 Å². The Bertz CT molecular complexity index is 705. The van der Waals surface area contributed by atoms with E-state index in [4.69, 9.17) is 0 Å². The zero-order valence-electron chi connectivity index (χ0n) is 12.3. The second-order valence-corrected chi connectivity index (χ2v) is 5.64. The zero-order chi connectivity index (χ0) is 15.5. The van der Waals surface area contributed by atoms with Crippen molar-refractivity contribution in [1.82, 2.24) is 9.88 Å². The maximum absolute atomic E-state index is 11.3. The van der Waals surface area contributed by atoms with Crippen molar-refractivity contribution < 1.29 is 15.0 Å². The predicted octanol–water partition coefficient (Wildman–Crippen LogP) is 2.01. The highest BCUT2D eigenvalue weighted by Crippen LogP contribution is 2.21. The van der Waals surface area contributed by atoms with Gasteiger partial charge in [-0.25, -0.2) is 4.79 Å². The van der Waals surface area contributed by atoms with Gasteiger partial charge in [0, 0.05) is 23.6 Å². The molecule has 1 aliphatic heterocycles. The second-order valence-electron chi connectivity index (χ2n) is 5.64. The van der Waals surface area contributed by atoms with Crippen LogP contribution in [-0.4, -0.2) is 39.4 Å². The van der Waals surface area contributed by atoms with E-state index in [0.717, 1.165) is 30.3 Å². The lowest BCUT2D eigenvalue weighted by molar-refractivity contribution is 0.0699. The van der Waals surface area contributed by atoms with E-state index in [0.29, 0.717) is 12.1 Å². The molecule has 0 aliphatic carbocycles. The number of aromatic nitrogens is 1. The van der Waals surface area contributed by atoms with Crippen LogP contribution in [0.4, 0.5) is 0 Å². The van der Waals surface area contributed by atoms with Gasteiger partial charge in [0.1, 0.15) is 0 Å². The summed E-state index contributed by atoms with van der Waals surface area (Å²) in [4.78, 5) is 11.3.